The molecule has 6 heterocycles. The molecule has 2 atom stereocenters. The molecule has 2 bridgehead atoms. The van der Waals surface area contributed by atoms with Crippen molar-refractivity contribution in [3.05, 3.63) is 78.6 Å². The third kappa shape index (κ3) is 5.10. The predicted octanol–water partition coefficient (Wildman–Crippen LogP) is 1.90. The van der Waals surface area contributed by atoms with Crippen molar-refractivity contribution in [3.8, 4) is 28.8 Å². The van der Waals surface area contributed by atoms with E-state index in [4.69, 9.17) is 10.7 Å². The van der Waals surface area contributed by atoms with Gasteiger partial charge in [-0.15, -0.1) is 10.2 Å². The van der Waals surface area contributed by atoms with Gasteiger partial charge >= 0.3 is 0 Å². The number of phenols is 1. The van der Waals surface area contributed by atoms with Gasteiger partial charge in [-0.05, 0) is 49.1 Å². The number of aromatic nitrogens is 7. The maximum absolute atomic E-state index is 12.5. The van der Waals surface area contributed by atoms with Crippen LogP contribution in [-0.2, 0) is 0 Å². The minimum atomic E-state index is -0.332. The van der Waals surface area contributed by atoms with Crippen LogP contribution in [0.1, 0.15) is 29.2 Å². The fraction of sp³-hybridized carbons (Fsp3) is 0.233. The second-order valence-electron chi connectivity index (χ2n) is 10.4. The van der Waals surface area contributed by atoms with Crippen molar-refractivity contribution >= 4 is 28.9 Å². The van der Waals surface area contributed by atoms with E-state index in [2.05, 4.69) is 52.2 Å². The van der Waals surface area contributed by atoms with Gasteiger partial charge in [-0.2, -0.15) is 5.10 Å². The first kappa shape index (κ1) is 26.1. The number of nitrogens with one attached hydrogen (secondary N) is 1. The highest BCUT2D eigenvalue weighted by molar-refractivity contribution is 5.93. The van der Waals surface area contributed by atoms with E-state index in [-0.39, 0.29) is 36.0 Å². The van der Waals surface area contributed by atoms with Crippen LogP contribution in [0.2, 0.25) is 0 Å². The Kier molecular flexibility index (Phi) is 6.63. The molecule has 0 saturated carbocycles. The summed E-state index contributed by atoms with van der Waals surface area (Å²) < 4.78 is 1.55. The number of benzene rings is 1. The number of aromatic hydroxyl groups is 1. The minimum Gasteiger partial charge on any atom is -0.507 e. The number of nitrogen functional groups attached to an aromatic ring is 1. The van der Waals surface area contributed by atoms with Gasteiger partial charge in [-0.25, -0.2) is 19.5 Å². The number of carbonyl (C=O) groups is 1. The van der Waals surface area contributed by atoms with Crippen molar-refractivity contribution in [2.24, 2.45) is 0 Å². The average molecular weight is 574 g/mol. The number of phenolic OH excluding ortho intramolecular Hbond substituents is 1. The highest BCUT2D eigenvalue weighted by Gasteiger charge is 2.41. The highest BCUT2D eigenvalue weighted by atomic mass is 16.3. The molecule has 2 unspecified atom stereocenters. The Morgan fingerprint density at radius 1 is 1.05 bits per heavy atom. The summed E-state index contributed by atoms with van der Waals surface area (Å²) in [7, 11) is 0. The number of fused-ring (bicyclic) bond motifs is 3. The molecule has 5 aromatic rings. The number of nitrogens with zero attached hydrogens (tertiary/aromatic N) is 9. The predicted molar refractivity (Wildman–Crippen MR) is 159 cm³/mol. The van der Waals surface area contributed by atoms with Crippen LogP contribution in [0.15, 0.2) is 67.1 Å². The van der Waals surface area contributed by atoms with E-state index in [1.807, 2.05) is 24.3 Å². The van der Waals surface area contributed by atoms with Crippen LogP contribution in [0.25, 0.3) is 16.9 Å². The zero-order chi connectivity index (χ0) is 29.3. The van der Waals surface area contributed by atoms with E-state index in [9.17, 15) is 9.90 Å². The summed E-state index contributed by atoms with van der Waals surface area (Å²) in [5, 5.41) is 25.7. The van der Waals surface area contributed by atoms with E-state index < -0.39 is 0 Å². The van der Waals surface area contributed by atoms with Crippen LogP contribution in [0, 0.1) is 11.8 Å². The topological polar surface area (TPSA) is 164 Å². The molecule has 4 N–H and O–H groups in total. The standard InChI is InChI=1S/C30H27N11O2/c31-29-24(15-22(36-37-29)21-5-1-2-6-25(21)42)39-17-19-8-9-20(18-39)41(19)27-10-13-32-26(35-27)7-3-11-34-30(43)23-16-28-33-12-4-14-40(28)38-23/h1-2,4-6,10,12-16,19-20,42H,8-9,11,17-18H2,(H2,31,37)(H,34,43). The third-order valence-corrected chi connectivity index (χ3v) is 7.72. The molecule has 2 fully saturated rings. The van der Waals surface area contributed by atoms with E-state index >= 15 is 0 Å². The summed E-state index contributed by atoms with van der Waals surface area (Å²) >= 11 is 0. The number of rotatable bonds is 5. The maximum atomic E-state index is 12.5. The van der Waals surface area contributed by atoms with Crippen molar-refractivity contribution < 1.29 is 9.90 Å². The first-order chi connectivity index (χ1) is 21.0. The molecule has 1 aromatic carbocycles. The van der Waals surface area contributed by atoms with Gasteiger partial charge in [-0.3, -0.25) is 4.79 Å². The second kappa shape index (κ2) is 10.9. The summed E-state index contributed by atoms with van der Waals surface area (Å²) in [6.45, 7) is 1.60. The number of piperazine rings is 1. The molecule has 43 heavy (non-hydrogen) atoms. The Morgan fingerprint density at radius 2 is 1.88 bits per heavy atom. The van der Waals surface area contributed by atoms with Crippen LogP contribution < -0.4 is 20.9 Å². The van der Waals surface area contributed by atoms with Crippen molar-refractivity contribution in [1.29, 1.82) is 0 Å². The molecule has 2 aliphatic heterocycles. The number of carbonyl (C=O) groups excluding carboxylic acids is 1. The van der Waals surface area contributed by atoms with Gasteiger partial charge in [0.15, 0.2) is 17.2 Å². The number of anilines is 3. The monoisotopic (exact) mass is 573 g/mol. The second-order valence-corrected chi connectivity index (χ2v) is 10.4. The Bertz CT molecular complexity index is 1850. The molecular weight excluding hydrogens is 546 g/mol. The number of para-hydroxylation sites is 1. The Morgan fingerprint density at radius 3 is 2.70 bits per heavy atom. The largest absolute Gasteiger partial charge is 0.507 e. The van der Waals surface area contributed by atoms with Gasteiger partial charge < -0.3 is 26.0 Å². The van der Waals surface area contributed by atoms with Gasteiger partial charge in [0.1, 0.15) is 11.6 Å². The fourth-order valence-electron chi connectivity index (χ4n) is 5.77. The van der Waals surface area contributed by atoms with Crippen molar-refractivity contribution in [2.75, 3.05) is 35.2 Å². The molecule has 0 radical (unpaired) electrons. The number of hydrogen-bond acceptors (Lipinski definition) is 11. The lowest BCUT2D eigenvalue weighted by Gasteiger charge is -2.42. The maximum Gasteiger partial charge on any atom is 0.272 e. The zero-order valence-electron chi connectivity index (χ0n) is 23.0. The molecule has 7 rings (SSSR count). The Hall–Kier alpha value is -5.77. The first-order valence-electron chi connectivity index (χ1n) is 13.9. The van der Waals surface area contributed by atoms with Crippen LogP contribution in [0.3, 0.4) is 0 Å². The van der Waals surface area contributed by atoms with Gasteiger partial charge in [0, 0.05) is 55.4 Å². The van der Waals surface area contributed by atoms with Crippen LogP contribution in [-0.4, -0.2) is 77.5 Å². The van der Waals surface area contributed by atoms with Crippen molar-refractivity contribution in [2.45, 2.75) is 24.9 Å². The van der Waals surface area contributed by atoms with E-state index in [0.29, 0.717) is 28.5 Å². The van der Waals surface area contributed by atoms with E-state index in [1.165, 1.54) is 0 Å². The normalized spacial score (nSPS) is 17.5. The Balaban J connectivity index is 1.03. The molecule has 0 aliphatic carbocycles. The number of nitrogens with two attached hydrogens (primary N) is 1. The lowest BCUT2D eigenvalue weighted by atomic mass is 10.1. The van der Waals surface area contributed by atoms with Crippen LogP contribution in [0.4, 0.5) is 17.3 Å². The molecule has 13 nitrogen and oxygen atoms in total. The summed E-state index contributed by atoms with van der Waals surface area (Å²) in [6, 6.07) is 14.7. The number of amides is 1. The summed E-state index contributed by atoms with van der Waals surface area (Å²) in [5.74, 6) is 7.28. The summed E-state index contributed by atoms with van der Waals surface area (Å²) in [5.41, 5.74) is 9.13. The van der Waals surface area contributed by atoms with Crippen molar-refractivity contribution in [3.63, 3.8) is 0 Å². The Labute approximate surface area is 246 Å². The van der Waals surface area contributed by atoms with Gasteiger partial charge in [0.05, 0.1) is 17.9 Å². The lowest BCUT2D eigenvalue weighted by molar-refractivity contribution is 0.0953. The molecule has 0 spiro atoms. The molecule has 2 aliphatic rings. The van der Waals surface area contributed by atoms with Gasteiger partial charge in [0.25, 0.3) is 5.91 Å². The smallest absolute Gasteiger partial charge is 0.272 e. The van der Waals surface area contributed by atoms with Crippen molar-refractivity contribution in [1.82, 2.24) is 40.1 Å². The van der Waals surface area contributed by atoms with Gasteiger partial charge in [0.2, 0.25) is 5.82 Å². The molecular formula is C30H27N11O2. The summed E-state index contributed by atoms with van der Waals surface area (Å²) in [6.07, 6.45) is 7.12. The molecule has 1 amide bonds. The lowest BCUT2D eigenvalue weighted by Crippen LogP contribution is -2.54. The fourth-order valence-corrected chi connectivity index (χ4v) is 5.77. The molecule has 2 saturated heterocycles. The van der Waals surface area contributed by atoms with Gasteiger partial charge in [-0.1, -0.05) is 18.1 Å². The number of hydrogen-bond donors (Lipinski definition) is 3. The van der Waals surface area contributed by atoms with E-state index in [1.54, 1.807) is 47.4 Å². The quantitative estimate of drug-likeness (QED) is 0.263. The minimum absolute atomic E-state index is 0.127. The SMILES string of the molecule is Nc1nnc(-c2ccccc2O)cc1N1CC2CCC(C1)N2c1ccnc(C#CCNC(=O)c2cc3ncccn3n2)n1. The molecule has 13 heteroatoms. The summed E-state index contributed by atoms with van der Waals surface area (Å²) in [4.78, 5) is 30.3. The molecule has 4 aromatic heterocycles. The van der Waals surface area contributed by atoms with Crippen LogP contribution >= 0.6 is 0 Å². The van der Waals surface area contributed by atoms with Crippen LogP contribution in [0.5, 0.6) is 5.75 Å². The van der Waals surface area contributed by atoms with E-state index in [0.717, 1.165) is 37.4 Å². The highest BCUT2D eigenvalue weighted by Crippen LogP contribution is 2.38. The molecule has 214 valence electrons. The zero-order valence-corrected chi connectivity index (χ0v) is 23.0. The first-order valence-corrected chi connectivity index (χ1v) is 13.9. The average Bonchev–Trinajstić information content (AvgIpc) is 3.58. The third-order valence-electron chi connectivity index (χ3n) is 7.72.